The predicted molar refractivity (Wildman–Crippen MR) is 81.8 cm³/mol. The summed E-state index contributed by atoms with van der Waals surface area (Å²) in [7, 11) is 4.40. The van der Waals surface area contributed by atoms with Crippen molar-refractivity contribution in [1.82, 2.24) is 14.8 Å². The molecule has 3 rings (SSSR count). The Morgan fingerprint density at radius 1 is 1.35 bits per heavy atom. The fourth-order valence-corrected chi connectivity index (χ4v) is 3.75. The summed E-state index contributed by atoms with van der Waals surface area (Å²) in [6, 6.07) is 4.88. The Bertz CT molecular complexity index is 462. The molecule has 1 fully saturated rings. The van der Waals surface area contributed by atoms with Crippen molar-refractivity contribution in [3.8, 4) is 0 Å². The first-order valence-corrected chi connectivity index (χ1v) is 7.75. The maximum absolute atomic E-state index is 6.68. The van der Waals surface area contributed by atoms with Crippen molar-refractivity contribution >= 4 is 0 Å². The van der Waals surface area contributed by atoms with Gasteiger partial charge in [-0.2, -0.15) is 0 Å². The van der Waals surface area contributed by atoms with Crippen molar-refractivity contribution in [2.75, 3.05) is 33.7 Å². The highest BCUT2D eigenvalue weighted by Crippen LogP contribution is 2.33. The molecule has 1 aliphatic carbocycles. The van der Waals surface area contributed by atoms with Crippen LogP contribution < -0.4 is 5.73 Å². The van der Waals surface area contributed by atoms with Crippen molar-refractivity contribution in [2.45, 2.75) is 37.3 Å². The van der Waals surface area contributed by atoms with Crippen LogP contribution in [-0.2, 0) is 6.42 Å². The SMILES string of the molecule is CN1CCN(C)C(C(N)C2CCCc3cccnc32)C1. The number of nitrogens with zero attached hydrogens (tertiary/aromatic N) is 3. The molecule has 0 aromatic carbocycles. The van der Waals surface area contributed by atoms with E-state index in [4.69, 9.17) is 5.73 Å². The zero-order chi connectivity index (χ0) is 14.1. The molecule has 0 radical (unpaired) electrons. The number of fused-ring (bicyclic) bond motifs is 1. The lowest BCUT2D eigenvalue weighted by Gasteiger charge is -2.43. The Hall–Kier alpha value is -0.970. The number of nitrogens with two attached hydrogens (primary N) is 1. The van der Waals surface area contributed by atoms with Crippen molar-refractivity contribution in [3.63, 3.8) is 0 Å². The van der Waals surface area contributed by atoms with Gasteiger partial charge in [0.05, 0.1) is 0 Å². The van der Waals surface area contributed by atoms with Crippen molar-refractivity contribution in [3.05, 3.63) is 29.6 Å². The lowest BCUT2D eigenvalue weighted by Crippen LogP contribution is -2.59. The lowest BCUT2D eigenvalue weighted by molar-refractivity contribution is 0.0884. The molecule has 4 heteroatoms. The van der Waals surface area contributed by atoms with E-state index in [1.165, 1.54) is 24.1 Å². The minimum absolute atomic E-state index is 0.178. The highest BCUT2D eigenvalue weighted by Gasteiger charge is 2.35. The molecule has 2 N–H and O–H groups in total. The number of hydrogen-bond donors (Lipinski definition) is 1. The monoisotopic (exact) mass is 274 g/mol. The van der Waals surface area contributed by atoms with Gasteiger partial charge in [-0.25, -0.2) is 0 Å². The van der Waals surface area contributed by atoms with Gasteiger partial charge in [-0.05, 0) is 45.0 Å². The van der Waals surface area contributed by atoms with Crippen LogP contribution in [-0.4, -0.2) is 60.6 Å². The zero-order valence-electron chi connectivity index (χ0n) is 12.6. The minimum Gasteiger partial charge on any atom is -0.326 e. The van der Waals surface area contributed by atoms with Gasteiger partial charge in [0.2, 0.25) is 0 Å². The molecule has 0 bridgehead atoms. The summed E-state index contributed by atoms with van der Waals surface area (Å²) in [5.74, 6) is 0.416. The molecule has 1 aromatic heterocycles. The average molecular weight is 274 g/mol. The molecule has 2 heterocycles. The van der Waals surface area contributed by atoms with Crippen LogP contribution in [0.1, 0.15) is 30.0 Å². The van der Waals surface area contributed by atoms with Gasteiger partial charge < -0.3 is 10.6 Å². The largest absolute Gasteiger partial charge is 0.326 e. The van der Waals surface area contributed by atoms with Crippen molar-refractivity contribution in [2.24, 2.45) is 5.73 Å². The fraction of sp³-hybridized carbons (Fsp3) is 0.688. The van der Waals surface area contributed by atoms with Crippen molar-refractivity contribution < 1.29 is 0 Å². The summed E-state index contributed by atoms with van der Waals surface area (Å²) in [5, 5.41) is 0. The van der Waals surface area contributed by atoms with E-state index in [-0.39, 0.29) is 6.04 Å². The van der Waals surface area contributed by atoms with Crippen LogP contribution >= 0.6 is 0 Å². The third-order valence-corrected chi connectivity index (χ3v) is 5.05. The van der Waals surface area contributed by atoms with E-state index >= 15 is 0 Å². The summed E-state index contributed by atoms with van der Waals surface area (Å²) in [6.07, 6.45) is 5.50. The summed E-state index contributed by atoms with van der Waals surface area (Å²) >= 11 is 0. The first-order valence-electron chi connectivity index (χ1n) is 7.75. The Labute approximate surface area is 122 Å². The highest BCUT2D eigenvalue weighted by molar-refractivity contribution is 5.28. The Morgan fingerprint density at radius 3 is 3.05 bits per heavy atom. The van der Waals surface area contributed by atoms with E-state index in [9.17, 15) is 0 Å². The summed E-state index contributed by atoms with van der Waals surface area (Å²) in [4.78, 5) is 9.48. The number of pyridine rings is 1. The average Bonchev–Trinajstić information content (AvgIpc) is 2.48. The second kappa shape index (κ2) is 5.80. The van der Waals surface area contributed by atoms with E-state index in [0.717, 1.165) is 26.1 Å². The molecule has 1 aromatic rings. The molecule has 3 atom stereocenters. The second-order valence-corrected chi connectivity index (χ2v) is 6.43. The van der Waals surface area contributed by atoms with Crippen LogP contribution in [0, 0.1) is 0 Å². The molecule has 110 valence electrons. The van der Waals surface area contributed by atoms with Gasteiger partial charge in [-0.3, -0.25) is 9.88 Å². The zero-order valence-corrected chi connectivity index (χ0v) is 12.6. The Morgan fingerprint density at radius 2 is 2.20 bits per heavy atom. The molecule has 2 aliphatic rings. The van der Waals surface area contributed by atoms with Crippen LogP contribution in [0.25, 0.3) is 0 Å². The van der Waals surface area contributed by atoms with E-state index in [1.807, 2.05) is 12.3 Å². The van der Waals surface area contributed by atoms with Gasteiger partial charge in [0.15, 0.2) is 0 Å². The maximum atomic E-state index is 6.68. The quantitative estimate of drug-likeness (QED) is 0.876. The molecule has 3 unspecified atom stereocenters. The summed E-state index contributed by atoms with van der Waals surface area (Å²) < 4.78 is 0. The molecule has 1 aliphatic heterocycles. The second-order valence-electron chi connectivity index (χ2n) is 6.43. The standard InChI is InChI=1S/C16H26N4/c1-19-9-10-20(2)14(11-19)15(17)13-7-3-5-12-6-4-8-18-16(12)13/h4,6,8,13-15H,3,5,7,9-11,17H2,1-2H3. The molecule has 0 saturated carbocycles. The van der Waals surface area contributed by atoms with Crippen molar-refractivity contribution in [1.29, 1.82) is 0 Å². The van der Waals surface area contributed by atoms with E-state index in [1.54, 1.807) is 0 Å². The van der Waals surface area contributed by atoms with E-state index < -0.39 is 0 Å². The third-order valence-electron chi connectivity index (χ3n) is 5.05. The molecular weight excluding hydrogens is 248 g/mol. The summed E-state index contributed by atoms with van der Waals surface area (Å²) in [5.41, 5.74) is 9.35. The van der Waals surface area contributed by atoms with E-state index in [0.29, 0.717) is 12.0 Å². The van der Waals surface area contributed by atoms with Gasteiger partial charge in [0.25, 0.3) is 0 Å². The van der Waals surface area contributed by atoms with Gasteiger partial charge in [0.1, 0.15) is 0 Å². The Kier molecular flexibility index (Phi) is 4.06. The van der Waals surface area contributed by atoms with Gasteiger partial charge in [-0.1, -0.05) is 6.07 Å². The van der Waals surface area contributed by atoms with Crippen LogP contribution in [0.15, 0.2) is 18.3 Å². The van der Waals surface area contributed by atoms with E-state index in [2.05, 4.69) is 34.9 Å². The highest BCUT2D eigenvalue weighted by atomic mass is 15.3. The molecule has 0 spiro atoms. The van der Waals surface area contributed by atoms with Gasteiger partial charge >= 0.3 is 0 Å². The number of aryl methyl sites for hydroxylation is 1. The third kappa shape index (κ3) is 2.60. The number of hydrogen-bond acceptors (Lipinski definition) is 4. The lowest BCUT2D eigenvalue weighted by atomic mass is 9.79. The van der Waals surface area contributed by atoms with Crippen LogP contribution in [0.4, 0.5) is 0 Å². The predicted octanol–water partition coefficient (Wildman–Crippen LogP) is 1.07. The fourth-order valence-electron chi connectivity index (χ4n) is 3.75. The van der Waals surface area contributed by atoms with Crippen LogP contribution in [0.3, 0.4) is 0 Å². The molecule has 4 nitrogen and oxygen atoms in total. The van der Waals surface area contributed by atoms with Gasteiger partial charge in [-0.15, -0.1) is 0 Å². The smallest absolute Gasteiger partial charge is 0.0482 e. The topological polar surface area (TPSA) is 45.4 Å². The first-order chi connectivity index (χ1) is 9.66. The number of rotatable bonds is 2. The molecule has 20 heavy (non-hydrogen) atoms. The summed E-state index contributed by atoms with van der Waals surface area (Å²) in [6.45, 7) is 3.31. The van der Waals surface area contributed by atoms with Gasteiger partial charge in [0, 0.05) is 49.5 Å². The molecule has 0 amide bonds. The van der Waals surface area contributed by atoms with Crippen LogP contribution in [0.5, 0.6) is 0 Å². The maximum Gasteiger partial charge on any atom is 0.0482 e. The Balaban J connectivity index is 1.82. The molecular formula is C16H26N4. The van der Waals surface area contributed by atoms with Crippen LogP contribution in [0.2, 0.25) is 0 Å². The number of aromatic nitrogens is 1. The number of piperazine rings is 1. The first kappa shape index (κ1) is 14.0. The number of likely N-dealkylation sites (N-methyl/N-ethyl adjacent to an activating group) is 2. The normalized spacial score (nSPS) is 29.9. The minimum atomic E-state index is 0.178. The molecule has 1 saturated heterocycles.